The van der Waals surface area contributed by atoms with Crippen molar-refractivity contribution in [2.24, 2.45) is 0 Å². The molecule has 0 atom stereocenters. The van der Waals surface area contributed by atoms with Crippen LogP contribution in [-0.2, 0) is 9.53 Å². The van der Waals surface area contributed by atoms with Gasteiger partial charge in [0.15, 0.2) is 0 Å². The minimum atomic E-state index is -0.112. The molecule has 146 valence electrons. The first-order valence-corrected chi connectivity index (χ1v) is 9.01. The van der Waals surface area contributed by atoms with Crippen LogP contribution < -0.4 is 16.0 Å². The first kappa shape index (κ1) is 22.4. The summed E-state index contributed by atoms with van der Waals surface area (Å²) in [5.41, 5.74) is 2.24. The lowest BCUT2D eigenvalue weighted by atomic mass is 9.95. The van der Waals surface area contributed by atoms with Crippen molar-refractivity contribution in [3.05, 3.63) is 29.3 Å². The third-order valence-electron chi connectivity index (χ3n) is 4.47. The molecule has 0 aliphatic heterocycles. The summed E-state index contributed by atoms with van der Waals surface area (Å²) >= 11 is 0. The van der Waals surface area contributed by atoms with Crippen molar-refractivity contribution in [3.63, 3.8) is 0 Å². The molecule has 0 heterocycles. The number of methoxy groups -OCH3 is 1. The van der Waals surface area contributed by atoms with Crippen LogP contribution >= 0.6 is 12.4 Å². The van der Waals surface area contributed by atoms with Crippen molar-refractivity contribution in [2.45, 2.75) is 45.1 Å². The summed E-state index contributed by atoms with van der Waals surface area (Å²) in [6.45, 7) is 3.32. The normalized spacial score (nSPS) is 14.4. The molecular formula is C19H30ClN3O3. The summed E-state index contributed by atoms with van der Waals surface area (Å²) in [6.07, 6.45) is 5.77. The molecule has 1 aliphatic rings. The Hall–Kier alpha value is -1.63. The van der Waals surface area contributed by atoms with E-state index in [2.05, 4.69) is 16.0 Å². The number of amides is 2. The zero-order valence-electron chi connectivity index (χ0n) is 15.6. The van der Waals surface area contributed by atoms with E-state index in [1.54, 1.807) is 19.2 Å². The molecule has 1 saturated carbocycles. The van der Waals surface area contributed by atoms with Crippen molar-refractivity contribution < 1.29 is 14.3 Å². The summed E-state index contributed by atoms with van der Waals surface area (Å²) in [5.74, 6) is -0.146. The number of anilines is 1. The van der Waals surface area contributed by atoms with E-state index in [1.807, 2.05) is 13.0 Å². The van der Waals surface area contributed by atoms with Gasteiger partial charge < -0.3 is 20.7 Å². The van der Waals surface area contributed by atoms with Crippen LogP contribution in [0, 0.1) is 6.92 Å². The van der Waals surface area contributed by atoms with Crippen LogP contribution in [0.4, 0.5) is 5.69 Å². The maximum Gasteiger partial charge on any atom is 0.251 e. The van der Waals surface area contributed by atoms with Crippen molar-refractivity contribution in [1.82, 2.24) is 10.6 Å². The standard InChI is InChI=1S/C19H29N3O3.ClH/c1-14-12-15(19(24)21-16-6-4-3-5-7-16)8-9-17(14)22-18(23)13-20-10-11-25-2;/h8-9,12,16,20H,3-7,10-11,13H2,1-2H3,(H,21,24)(H,22,23);1H. The minimum absolute atomic E-state index is 0. The molecule has 7 heteroatoms. The maximum atomic E-state index is 12.4. The number of hydrogen-bond donors (Lipinski definition) is 3. The van der Waals surface area contributed by atoms with Gasteiger partial charge >= 0.3 is 0 Å². The van der Waals surface area contributed by atoms with E-state index < -0.39 is 0 Å². The number of rotatable bonds is 8. The molecule has 0 saturated heterocycles. The van der Waals surface area contributed by atoms with Crippen molar-refractivity contribution >= 4 is 29.9 Å². The number of carbonyl (C=O) groups excluding carboxylic acids is 2. The van der Waals surface area contributed by atoms with Gasteiger partial charge in [0, 0.05) is 30.9 Å². The summed E-state index contributed by atoms with van der Waals surface area (Å²) in [4.78, 5) is 24.3. The Morgan fingerprint density at radius 2 is 1.92 bits per heavy atom. The second-order valence-electron chi connectivity index (χ2n) is 6.56. The van der Waals surface area contributed by atoms with E-state index in [0.29, 0.717) is 24.8 Å². The minimum Gasteiger partial charge on any atom is -0.383 e. The molecule has 1 aromatic rings. The van der Waals surface area contributed by atoms with Crippen molar-refractivity contribution in [1.29, 1.82) is 0 Å². The zero-order valence-corrected chi connectivity index (χ0v) is 16.4. The van der Waals surface area contributed by atoms with Crippen LogP contribution in [0.1, 0.15) is 48.0 Å². The monoisotopic (exact) mass is 383 g/mol. The lowest BCUT2D eigenvalue weighted by molar-refractivity contribution is -0.115. The second kappa shape index (κ2) is 11.9. The highest BCUT2D eigenvalue weighted by molar-refractivity contribution is 5.97. The molecule has 0 aromatic heterocycles. The fraction of sp³-hybridized carbons (Fsp3) is 0.579. The maximum absolute atomic E-state index is 12.4. The van der Waals surface area contributed by atoms with Gasteiger partial charge in [-0.15, -0.1) is 12.4 Å². The van der Waals surface area contributed by atoms with Gasteiger partial charge in [0.25, 0.3) is 5.91 Å². The largest absolute Gasteiger partial charge is 0.383 e. The van der Waals surface area contributed by atoms with Crippen LogP contribution in [-0.4, -0.2) is 44.7 Å². The van der Waals surface area contributed by atoms with E-state index in [0.717, 1.165) is 24.1 Å². The highest BCUT2D eigenvalue weighted by Gasteiger charge is 2.17. The molecule has 3 N–H and O–H groups in total. The lowest BCUT2D eigenvalue weighted by Gasteiger charge is -2.23. The number of hydrogen-bond acceptors (Lipinski definition) is 4. The third kappa shape index (κ3) is 7.32. The Morgan fingerprint density at radius 3 is 2.58 bits per heavy atom. The van der Waals surface area contributed by atoms with Crippen LogP contribution in [0.3, 0.4) is 0 Å². The van der Waals surface area contributed by atoms with Crippen LogP contribution in [0.25, 0.3) is 0 Å². The Balaban J connectivity index is 0.00000338. The second-order valence-corrected chi connectivity index (χ2v) is 6.56. The smallest absolute Gasteiger partial charge is 0.251 e. The fourth-order valence-corrected chi connectivity index (χ4v) is 3.03. The summed E-state index contributed by atoms with van der Waals surface area (Å²) in [5, 5.41) is 8.97. The van der Waals surface area contributed by atoms with Crippen LogP contribution in [0.5, 0.6) is 0 Å². The van der Waals surface area contributed by atoms with Gasteiger partial charge in [0.2, 0.25) is 5.91 Å². The van der Waals surface area contributed by atoms with Crippen molar-refractivity contribution in [3.8, 4) is 0 Å². The Kier molecular flexibility index (Phi) is 10.2. The molecule has 1 aromatic carbocycles. The first-order valence-electron chi connectivity index (χ1n) is 9.01. The van der Waals surface area contributed by atoms with E-state index in [4.69, 9.17) is 4.74 Å². The molecular weight excluding hydrogens is 354 g/mol. The highest BCUT2D eigenvalue weighted by Crippen LogP contribution is 2.19. The van der Waals surface area contributed by atoms with Crippen molar-refractivity contribution in [2.75, 3.05) is 32.1 Å². The molecule has 2 amide bonds. The molecule has 26 heavy (non-hydrogen) atoms. The summed E-state index contributed by atoms with van der Waals surface area (Å²) < 4.78 is 4.92. The number of nitrogens with one attached hydrogen (secondary N) is 3. The summed E-state index contributed by atoms with van der Waals surface area (Å²) in [7, 11) is 1.62. The Labute approximate surface area is 161 Å². The molecule has 1 aliphatic carbocycles. The quantitative estimate of drug-likeness (QED) is 0.603. The first-order chi connectivity index (χ1) is 12.1. The van der Waals surface area contributed by atoms with Crippen LogP contribution in [0.15, 0.2) is 18.2 Å². The van der Waals surface area contributed by atoms with Gasteiger partial charge in [0.05, 0.1) is 13.2 Å². The molecule has 1 fully saturated rings. The molecule has 0 unspecified atom stereocenters. The molecule has 0 radical (unpaired) electrons. The van der Waals surface area contributed by atoms with Crippen LogP contribution in [0.2, 0.25) is 0 Å². The van der Waals surface area contributed by atoms with Gasteiger partial charge in [-0.2, -0.15) is 0 Å². The number of aryl methyl sites for hydroxylation is 1. The average Bonchev–Trinajstić information content (AvgIpc) is 2.61. The number of benzene rings is 1. The van der Waals surface area contributed by atoms with Gasteiger partial charge in [0.1, 0.15) is 0 Å². The molecule has 0 spiro atoms. The van der Waals surface area contributed by atoms with E-state index in [-0.39, 0.29) is 30.8 Å². The Bertz CT molecular complexity index is 589. The average molecular weight is 384 g/mol. The number of halogens is 1. The SMILES string of the molecule is COCCNCC(=O)Nc1ccc(C(=O)NC2CCCCC2)cc1C.Cl. The molecule has 2 rings (SSSR count). The van der Waals surface area contributed by atoms with E-state index in [9.17, 15) is 9.59 Å². The zero-order chi connectivity index (χ0) is 18.1. The lowest BCUT2D eigenvalue weighted by Crippen LogP contribution is -2.36. The third-order valence-corrected chi connectivity index (χ3v) is 4.47. The predicted octanol–water partition coefficient (Wildman–Crippen LogP) is 2.65. The van der Waals surface area contributed by atoms with Gasteiger partial charge in [-0.05, 0) is 43.5 Å². The van der Waals surface area contributed by atoms with Gasteiger partial charge in [-0.25, -0.2) is 0 Å². The van der Waals surface area contributed by atoms with Gasteiger partial charge in [-0.1, -0.05) is 19.3 Å². The predicted molar refractivity (Wildman–Crippen MR) is 106 cm³/mol. The molecule has 0 bridgehead atoms. The number of ether oxygens (including phenoxy) is 1. The molecule has 6 nitrogen and oxygen atoms in total. The number of carbonyl (C=O) groups is 2. The Morgan fingerprint density at radius 1 is 1.19 bits per heavy atom. The highest BCUT2D eigenvalue weighted by atomic mass is 35.5. The summed E-state index contributed by atoms with van der Waals surface area (Å²) in [6, 6.07) is 5.67. The fourth-order valence-electron chi connectivity index (χ4n) is 3.03. The van der Waals surface area contributed by atoms with E-state index >= 15 is 0 Å². The van der Waals surface area contributed by atoms with Gasteiger partial charge in [-0.3, -0.25) is 9.59 Å². The van der Waals surface area contributed by atoms with E-state index in [1.165, 1.54) is 19.3 Å². The topological polar surface area (TPSA) is 79.5 Å².